The first-order valence-corrected chi connectivity index (χ1v) is 9.28. The molecule has 136 valence electrons. The van der Waals surface area contributed by atoms with Crippen LogP contribution in [0.3, 0.4) is 0 Å². The fourth-order valence-electron chi connectivity index (χ4n) is 4.26. The van der Waals surface area contributed by atoms with Gasteiger partial charge in [-0.1, -0.05) is 12.5 Å². The Labute approximate surface area is 148 Å². The highest BCUT2D eigenvalue weighted by molar-refractivity contribution is 5.94. The second kappa shape index (κ2) is 7.87. The van der Waals surface area contributed by atoms with Crippen molar-refractivity contribution in [3.8, 4) is 0 Å². The molecule has 2 unspecified atom stereocenters. The van der Waals surface area contributed by atoms with E-state index in [1.54, 1.807) is 12.1 Å². The summed E-state index contributed by atoms with van der Waals surface area (Å²) in [6.45, 7) is 2.43. The van der Waals surface area contributed by atoms with Crippen molar-refractivity contribution in [3.05, 3.63) is 24.3 Å². The zero-order valence-electron chi connectivity index (χ0n) is 14.8. The highest BCUT2D eigenvalue weighted by Crippen LogP contribution is 2.42. The number of amides is 3. The van der Waals surface area contributed by atoms with Crippen molar-refractivity contribution >= 4 is 23.3 Å². The average Bonchev–Trinajstić information content (AvgIpc) is 2.55. The normalized spacial score (nSPS) is 28.1. The van der Waals surface area contributed by atoms with Crippen molar-refractivity contribution in [1.82, 2.24) is 5.32 Å². The Morgan fingerprint density at radius 3 is 2.40 bits per heavy atom. The summed E-state index contributed by atoms with van der Waals surface area (Å²) < 4.78 is 0. The summed E-state index contributed by atoms with van der Waals surface area (Å²) in [5.41, 5.74) is 7.68. The van der Waals surface area contributed by atoms with E-state index in [9.17, 15) is 9.59 Å². The maximum Gasteiger partial charge on any atom is 0.319 e. The van der Waals surface area contributed by atoms with Gasteiger partial charge in [0.2, 0.25) is 5.91 Å². The molecule has 1 aromatic carbocycles. The number of hydrogen-bond acceptors (Lipinski definition) is 3. The Bertz CT molecular complexity index is 620. The molecular formula is C19H28N4O2. The highest BCUT2D eigenvalue weighted by Gasteiger charge is 2.40. The summed E-state index contributed by atoms with van der Waals surface area (Å²) >= 11 is 0. The molecule has 3 amide bonds. The minimum absolute atomic E-state index is 0.0371. The minimum Gasteiger partial charge on any atom is -0.338 e. The summed E-state index contributed by atoms with van der Waals surface area (Å²) in [7, 11) is 0. The Morgan fingerprint density at radius 1 is 1.12 bits per heavy atom. The van der Waals surface area contributed by atoms with Crippen LogP contribution < -0.4 is 21.7 Å². The fourth-order valence-corrected chi connectivity index (χ4v) is 4.26. The fraction of sp³-hybridized carbons (Fsp3) is 0.579. The van der Waals surface area contributed by atoms with Gasteiger partial charge in [-0.05, 0) is 62.6 Å². The number of rotatable bonds is 4. The van der Waals surface area contributed by atoms with Gasteiger partial charge in [0.25, 0.3) is 0 Å². The number of carbonyl (C=O) groups is 2. The second-order valence-electron chi connectivity index (χ2n) is 7.25. The van der Waals surface area contributed by atoms with Gasteiger partial charge in [-0.3, -0.25) is 4.79 Å². The SMILES string of the molecule is CCNC(=O)Nc1cccc(NC(=O)C2CC3CCCC(C2)C3N)c1. The summed E-state index contributed by atoms with van der Waals surface area (Å²) in [6, 6.07) is 7.26. The number of hydrogen-bond donors (Lipinski definition) is 4. The average molecular weight is 344 g/mol. The van der Waals surface area contributed by atoms with E-state index in [4.69, 9.17) is 5.73 Å². The van der Waals surface area contributed by atoms with Crippen molar-refractivity contribution < 1.29 is 9.59 Å². The Balaban J connectivity index is 1.60. The minimum atomic E-state index is -0.250. The maximum absolute atomic E-state index is 12.7. The van der Waals surface area contributed by atoms with Gasteiger partial charge >= 0.3 is 6.03 Å². The van der Waals surface area contributed by atoms with Gasteiger partial charge in [0.15, 0.2) is 0 Å². The van der Waals surface area contributed by atoms with Gasteiger partial charge in [-0.15, -0.1) is 0 Å². The van der Waals surface area contributed by atoms with Gasteiger partial charge in [0.05, 0.1) is 0 Å². The summed E-state index contributed by atoms with van der Waals surface area (Å²) in [6.07, 6.45) is 5.31. The second-order valence-corrected chi connectivity index (χ2v) is 7.25. The first-order chi connectivity index (χ1) is 12.1. The smallest absolute Gasteiger partial charge is 0.319 e. The van der Waals surface area contributed by atoms with E-state index in [2.05, 4.69) is 16.0 Å². The lowest BCUT2D eigenvalue weighted by Crippen LogP contribution is -2.48. The number of benzene rings is 1. The molecule has 2 saturated carbocycles. The molecule has 3 rings (SSSR count). The van der Waals surface area contributed by atoms with Crippen molar-refractivity contribution in [2.75, 3.05) is 17.2 Å². The van der Waals surface area contributed by atoms with Crippen LogP contribution in [0.25, 0.3) is 0 Å². The molecule has 2 atom stereocenters. The molecule has 2 aliphatic carbocycles. The number of nitrogens with one attached hydrogen (secondary N) is 3. The van der Waals surface area contributed by atoms with Crippen LogP contribution >= 0.6 is 0 Å². The first kappa shape index (κ1) is 17.7. The molecule has 0 radical (unpaired) electrons. The highest BCUT2D eigenvalue weighted by atomic mass is 16.2. The summed E-state index contributed by atoms with van der Waals surface area (Å²) in [5.74, 6) is 1.07. The van der Waals surface area contributed by atoms with E-state index in [0.29, 0.717) is 29.8 Å². The van der Waals surface area contributed by atoms with Crippen LogP contribution in [0.1, 0.15) is 39.0 Å². The molecule has 0 aromatic heterocycles. The molecule has 0 saturated heterocycles. The van der Waals surface area contributed by atoms with E-state index in [1.807, 2.05) is 19.1 Å². The zero-order chi connectivity index (χ0) is 17.8. The van der Waals surface area contributed by atoms with Crippen LogP contribution in [0.2, 0.25) is 0 Å². The van der Waals surface area contributed by atoms with Gasteiger partial charge in [-0.2, -0.15) is 0 Å². The summed E-state index contributed by atoms with van der Waals surface area (Å²) in [5, 5.41) is 8.45. The predicted octanol–water partition coefficient (Wildman–Crippen LogP) is 2.92. The van der Waals surface area contributed by atoms with E-state index in [0.717, 1.165) is 25.7 Å². The van der Waals surface area contributed by atoms with Gasteiger partial charge in [-0.25, -0.2) is 4.79 Å². The monoisotopic (exact) mass is 344 g/mol. The lowest BCUT2D eigenvalue weighted by atomic mass is 9.65. The number of nitrogens with two attached hydrogens (primary N) is 1. The molecule has 6 heteroatoms. The molecule has 1 aromatic rings. The molecule has 2 aliphatic rings. The van der Waals surface area contributed by atoms with Crippen LogP contribution in [0.4, 0.5) is 16.2 Å². The molecule has 25 heavy (non-hydrogen) atoms. The third kappa shape index (κ3) is 4.31. The molecular weight excluding hydrogens is 316 g/mol. The third-order valence-corrected chi connectivity index (χ3v) is 5.51. The quantitative estimate of drug-likeness (QED) is 0.676. The lowest BCUT2D eigenvalue weighted by Gasteiger charge is -2.43. The first-order valence-electron chi connectivity index (χ1n) is 9.28. The molecule has 0 aliphatic heterocycles. The van der Waals surface area contributed by atoms with Crippen LogP contribution in [0, 0.1) is 17.8 Å². The maximum atomic E-state index is 12.7. The number of fused-ring (bicyclic) bond motifs is 2. The van der Waals surface area contributed by atoms with Crippen LogP contribution in [-0.2, 0) is 4.79 Å². The Hall–Kier alpha value is -2.08. The molecule has 5 N–H and O–H groups in total. The van der Waals surface area contributed by atoms with Crippen molar-refractivity contribution in [2.45, 2.75) is 45.1 Å². The van der Waals surface area contributed by atoms with E-state index >= 15 is 0 Å². The lowest BCUT2D eigenvalue weighted by molar-refractivity contribution is -0.122. The predicted molar refractivity (Wildman–Crippen MR) is 99.3 cm³/mol. The molecule has 2 bridgehead atoms. The van der Waals surface area contributed by atoms with E-state index in [-0.39, 0.29) is 23.9 Å². The van der Waals surface area contributed by atoms with Crippen molar-refractivity contribution in [1.29, 1.82) is 0 Å². The van der Waals surface area contributed by atoms with Crippen LogP contribution in [0.15, 0.2) is 24.3 Å². The molecule has 0 spiro atoms. The van der Waals surface area contributed by atoms with Crippen LogP contribution in [-0.4, -0.2) is 24.5 Å². The molecule has 6 nitrogen and oxygen atoms in total. The van der Waals surface area contributed by atoms with E-state index in [1.165, 1.54) is 6.42 Å². The molecule has 0 heterocycles. The number of urea groups is 1. The standard InChI is InChI=1S/C19H28N4O2/c1-2-21-19(25)23-16-8-4-7-15(11-16)22-18(24)14-9-12-5-3-6-13(10-14)17(12)20/h4,7-8,11-14,17H,2-3,5-6,9-10,20H2,1H3,(H,22,24)(H2,21,23,25). The largest absolute Gasteiger partial charge is 0.338 e. The topological polar surface area (TPSA) is 96.2 Å². The third-order valence-electron chi connectivity index (χ3n) is 5.51. The van der Waals surface area contributed by atoms with Gasteiger partial charge in [0, 0.05) is 29.9 Å². The zero-order valence-corrected chi connectivity index (χ0v) is 14.8. The van der Waals surface area contributed by atoms with Gasteiger partial charge < -0.3 is 21.7 Å². The number of carbonyl (C=O) groups excluding carboxylic acids is 2. The van der Waals surface area contributed by atoms with E-state index < -0.39 is 0 Å². The molecule has 2 fully saturated rings. The summed E-state index contributed by atoms with van der Waals surface area (Å²) in [4.78, 5) is 24.3. The van der Waals surface area contributed by atoms with Crippen molar-refractivity contribution in [2.24, 2.45) is 23.5 Å². The van der Waals surface area contributed by atoms with Gasteiger partial charge in [0.1, 0.15) is 0 Å². The van der Waals surface area contributed by atoms with Crippen LogP contribution in [0.5, 0.6) is 0 Å². The number of anilines is 2. The van der Waals surface area contributed by atoms with Crippen molar-refractivity contribution in [3.63, 3.8) is 0 Å². The Kier molecular flexibility index (Phi) is 5.58. The Morgan fingerprint density at radius 2 is 1.76 bits per heavy atom.